The van der Waals surface area contributed by atoms with Gasteiger partial charge in [-0.05, 0) is 23.8 Å². The summed E-state index contributed by atoms with van der Waals surface area (Å²) < 4.78 is 0. The summed E-state index contributed by atoms with van der Waals surface area (Å²) in [7, 11) is 0. The third kappa shape index (κ3) is 2.91. The molecule has 0 aliphatic carbocycles. The van der Waals surface area contributed by atoms with Crippen LogP contribution in [-0.4, -0.2) is 29.1 Å². The highest BCUT2D eigenvalue weighted by Crippen LogP contribution is 2.29. The molecule has 1 fully saturated rings. The van der Waals surface area contributed by atoms with E-state index in [1.54, 1.807) is 0 Å². The lowest BCUT2D eigenvalue weighted by atomic mass is 9.90. The number of nitrogens with zero attached hydrogens (tertiary/aromatic N) is 1. The maximum atomic E-state index is 11.6. The number of benzene rings is 1. The molecular formula is C15H21NO2. The Bertz CT molecular complexity index is 394. The van der Waals surface area contributed by atoms with Crippen molar-refractivity contribution >= 4 is 5.97 Å². The van der Waals surface area contributed by atoms with E-state index in [1.165, 1.54) is 6.42 Å². The average molecular weight is 247 g/mol. The van der Waals surface area contributed by atoms with Crippen LogP contribution in [0.4, 0.5) is 0 Å². The highest BCUT2D eigenvalue weighted by atomic mass is 16.4. The monoisotopic (exact) mass is 247 g/mol. The summed E-state index contributed by atoms with van der Waals surface area (Å²) in [5.74, 6) is 0.390. The van der Waals surface area contributed by atoms with Crippen LogP contribution < -0.4 is 0 Å². The second kappa shape index (κ2) is 5.53. The first-order chi connectivity index (χ1) is 8.58. The molecule has 1 N–H and O–H groups in total. The van der Waals surface area contributed by atoms with Crippen molar-refractivity contribution in [1.82, 2.24) is 4.90 Å². The van der Waals surface area contributed by atoms with Gasteiger partial charge in [-0.1, -0.05) is 44.2 Å². The van der Waals surface area contributed by atoms with Gasteiger partial charge in [0.15, 0.2) is 0 Å². The quantitative estimate of drug-likeness (QED) is 0.893. The molecule has 2 rings (SSSR count). The van der Waals surface area contributed by atoms with Gasteiger partial charge in [0.2, 0.25) is 0 Å². The highest BCUT2D eigenvalue weighted by molar-refractivity contribution is 5.75. The Balaban J connectivity index is 2.23. The van der Waals surface area contributed by atoms with Crippen LogP contribution in [0.25, 0.3) is 0 Å². The summed E-state index contributed by atoms with van der Waals surface area (Å²) in [6, 6.07) is 9.04. The van der Waals surface area contributed by atoms with Gasteiger partial charge in [-0.15, -0.1) is 0 Å². The number of likely N-dealkylation sites (tertiary alicyclic amines) is 1. The molecule has 0 radical (unpaired) electrons. The molecule has 1 aliphatic rings. The van der Waals surface area contributed by atoms with Gasteiger partial charge in [-0.2, -0.15) is 0 Å². The van der Waals surface area contributed by atoms with Gasteiger partial charge >= 0.3 is 5.97 Å². The Morgan fingerprint density at radius 3 is 2.28 bits per heavy atom. The summed E-state index contributed by atoms with van der Waals surface area (Å²) in [6.45, 7) is 6.14. The predicted octanol–water partition coefficient (Wildman–Crippen LogP) is 2.79. The number of hydrogen-bond donors (Lipinski definition) is 1. The van der Waals surface area contributed by atoms with Crippen molar-refractivity contribution < 1.29 is 9.90 Å². The topological polar surface area (TPSA) is 40.5 Å². The zero-order valence-corrected chi connectivity index (χ0v) is 11.0. The van der Waals surface area contributed by atoms with Gasteiger partial charge in [-0.3, -0.25) is 9.69 Å². The van der Waals surface area contributed by atoms with Crippen molar-refractivity contribution in [2.24, 2.45) is 11.8 Å². The first-order valence-corrected chi connectivity index (χ1v) is 6.59. The fourth-order valence-electron chi connectivity index (χ4n) is 3.07. The predicted molar refractivity (Wildman–Crippen MR) is 71.3 cm³/mol. The molecule has 0 bridgehead atoms. The normalized spacial score (nSPS) is 26.8. The molecule has 0 amide bonds. The van der Waals surface area contributed by atoms with E-state index in [-0.39, 0.29) is 0 Å². The van der Waals surface area contributed by atoms with Gasteiger partial charge in [0.05, 0.1) is 0 Å². The van der Waals surface area contributed by atoms with E-state index in [4.69, 9.17) is 0 Å². The molecule has 1 aromatic rings. The zero-order valence-electron chi connectivity index (χ0n) is 11.0. The van der Waals surface area contributed by atoms with E-state index in [9.17, 15) is 9.90 Å². The fraction of sp³-hybridized carbons (Fsp3) is 0.533. The molecule has 98 valence electrons. The third-order valence-electron chi connectivity index (χ3n) is 3.61. The van der Waals surface area contributed by atoms with Gasteiger partial charge < -0.3 is 5.11 Å². The molecule has 18 heavy (non-hydrogen) atoms. The molecule has 3 nitrogen and oxygen atoms in total. The maximum Gasteiger partial charge on any atom is 0.325 e. The minimum absolute atomic E-state index is 0.503. The summed E-state index contributed by atoms with van der Waals surface area (Å²) >= 11 is 0. The van der Waals surface area contributed by atoms with Gasteiger partial charge in [0.1, 0.15) is 6.04 Å². The largest absolute Gasteiger partial charge is 0.480 e. The van der Waals surface area contributed by atoms with Crippen LogP contribution in [0.1, 0.15) is 31.9 Å². The number of aliphatic carboxylic acids is 1. The minimum atomic E-state index is -0.748. The SMILES string of the molecule is C[C@@H]1C[C@@H](C)CN([C@H](C(=O)O)c2ccccc2)C1. The molecular weight excluding hydrogens is 226 g/mol. The van der Waals surface area contributed by atoms with Crippen LogP contribution in [0.5, 0.6) is 0 Å². The lowest BCUT2D eigenvalue weighted by molar-refractivity contribution is -0.144. The van der Waals surface area contributed by atoms with Crippen LogP contribution >= 0.6 is 0 Å². The standard InChI is InChI=1S/C15H21NO2/c1-11-8-12(2)10-16(9-11)14(15(17)18)13-6-4-3-5-7-13/h3-7,11-12,14H,8-10H2,1-2H3,(H,17,18)/t11-,12-,14+/m1/s1. The van der Waals surface area contributed by atoms with Crippen LogP contribution in [0, 0.1) is 11.8 Å². The molecule has 1 aliphatic heterocycles. The van der Waals surface area contributed by atoms with E-state index >= 15 is 0 Å². The fourth-order valence-corrected chi connectivity index (χ4v) is 3.07. The average Bonchev–Trinajstić information content (AvgIpc) is 2.28. The lowest BCUT2D eigenvalue weighted by Crippen LogP contribution is -2.43. The number of carboxylic acids is 1. The van der Waals surface area contributed by atoms with Crippen molar-refractivity contribution in [1.29, 1.82) is 0 Å². The Hall–Kier alpha value is -1.35. The van der Waals surface area contributed by atoms with Crippen LogP contribution in [0.3, 0.4) is 0 Å². The first-order valence-electron chi connectivity index (χ1n) is 6.59. The number of carbonyl (C=O) groups is 1. The molecule has 0 spiro atoms. The van der Waals surface area contributed by atoms with Crippen molar-refractivity contribution in [2.75, 3.05) is 13.1 Å². The lowest BCUT2D eigenvalue weighted by Gasteiger charge is -2.38. The molecule has 0 saturated carbocycles. The second-order valence-corrected chi connectivity index (χ2v) is 5.55. The summed E-state index contributed by atoms with van der Waals surface area (Å²) in [5.41, 5.74) is 0.881. The molecule has 1 aromatic carbocycles. The van der Waals surface area contributed by atoms with Gasteiger partial charge in [0, 0.05) is 13.1 Å². The van der Waals surface area contributed by atoms with Crippen molar-refractivity contribution in [3.63, 3.8) is 0 Å². The summed E-state index contributed by atoms with van der Waals surface area (Å²) in [6.07, 6.45) is 1.19. The second-order valence-electron chi connectivity index (χ2n) is 5.55. The molecule has 1 heterocycles. The number of hydrogen-bond acceptors (Lipinski definition) is 2. The van der Waals surface area contributed by atoms with Gasteiger partial charge in [0.25, 0.3) is 0 Å². The zero-order chi connectivity index (χ0) is 13.1. The van der Waals surface area contributed by atoms with Crippen LogP contribution in [0.2, 0.25) is 0 Å². The number of piperidine rings is 1. The van der Waals surface area contributed by atoms with E-state index in [0.29, 0.717) is 11.8 Å². The first kappa shape index (κ1) is 13.1. The molecule has 1 saturated heterocycles. The Morgan fingerprint density at radius 1 is 1.22 bits per heavy atom. The van der Waals surface area contributed by atoms with Crippen molar-refractivity contribution in [2.45, 2.75) is 26.3 Å². The number of rotatable bonds is 3. The van der Waals surface area contributed by atoms with Crippen molar-refractivity contribution in [3.8, 4) is 0 Å². The van der Waals surface area contributed by atoms with E-state index in [0.717, 1.165) is 18.7 Å². The highest BCUT2D eigenvalue weighted by Gasteiger charge is 2.32. The summed E-state index contributed by atoms with van der Waals surface area (Å²) in [4.78, 5) is 13.7. The smallest absolute Gasteiger partial charge is 0.325 e. The maximum absolute atomic E-state index is 11.6. The third-order valence-corrected chi connectivity index (χ3v) is 3.61. The van der Waals surface area contributed by atoms with E-state index in [1.807, 2.05) is 30.3 Å². The van der Waals surface area contributed by atoms with Crippen molar-refractivity contribution in [3.05, 3.63) is 35.9 Å². The molecule has 0 unspecified atom stereocenters. The summed E-state index contributed by atoms with van der Waals surface area (Å²) in [5, 5.41) is 9.51. The molecule has 3 heteroatoms. The Kier molecular flexibility index (Phi) is 4.02. The van der Waals surface area contributed by atoms with Gasteiger partial charge in [-0.25, -0.2) is 0 Å². The minimum Gasteiger partial charge on any atom is -0.480 e. The van der Waals surface area contributed by atoms with E-state index < -0.39 is 12.0 Å². The molecule has 0 aromatic heterocycles. The van der Waals surface area contributed by atoms with Crippen LogP contribution in [0.15, 0.2) is 30.3 Å². The Labute approximate surface area is 108 Å². The van der Waals surface area contributed by atoms with E-state index in [2.05, 4.69) is 18.7 Å². The Morgan fingerprint density at radius 2 is 1.78 bits per heavy atom. The molecule has 3 atom stereocenters. The van der Waals surface area contributed by atoms with Crippen LogP contribution in [-0.2, 0) is 4.79 Å². The number of carboxylic acid groups (broad SMARTS) is 1.